The molecule has 4 rings (SSSR count). The van der Waals surface area contributed by atoms with Gasteiger partial charge in [-0.2, -0.15) is 0 Å². The highest BCUT2D eigenvalue weighted by molar-refractivity contribution is 5.92. The van der Waals surface area contributed by atoms with Gasteiger partial charge in [0.25, 0.3) is 5.91 Å². The molecule has 0 aliphatic heterocycles. The molecule has 4 aromatic rings. The molecule has 3 amide bonds. The summed E-state index contributed by atoms with van der Waals surface area (Å²) in [5.74, 6) is -1.36. The van der Waals surface area contributed by atoms with Gasteiger partial charge in [-0.05, 0) is 22.8 Å². The molecule has 0 aliphatic rings. The number of hydrogen-bond acceptors (Lipinski definition) is 5. The van der Waals surface area contributed by atoms with Crippen LogP contribution in [0.5, 0.6) is 0 Å². The quantitative estimate of drug-likeness (QED) is 0.168. The van der Waals surface area contributed by atoms with Gasteiger partial charge < -0.3 is 20.4 Å². The molecule has 2 unspecified atom stereocenters. The summed E-state index contributed by atoms with van der Waals surface area (Å²) >= 11 is 0. The van der Waals surface area contributed by atoms with Gasteiger partial charge >= 0.3 is 6.09 Å². The Labute approximate surface area is 213 Å². The Hall–Kier alpha value is -4.63. The molecule has 1 heterocycles. The number of H-pyrrole nitrogens is 1. The maximum atomic E-state index is 13.3. The van der Waals surface area contributed by atoms with E-state index in [0.717, 1.165) is 27.6 Å². The van der Waals surface area contributed by atoms with Crippen LogP contribution in [0.15, 0.2) is 91.1 Å². The Morgan fingerprint density at radius 2 is 1.38 bits per heavy atom. The van der Waals surface area contributed by atoms with E-state index in [1.54, 1.807) is 11.7 Å². The zero-order valence-corrected chi connectivity index (χ0v) is 20.0. The molecule has 9 nitrogen and oxygen atoms in total. The van der Waals surface area contributed by atoms with E-state index in [1.807, 2.05) is 84.9 Å². The number of benzene rings is 3. The zero-order valence-electron chi connectivity index (χ0n) is 20.0. The number of carbonyl (C=O) groups is 3. The smallest absolute Gasteiger partial charge is 0.408 e. The Balaban J connectivity index is 1.48. The van der Waals surface area contributed by atoms with E-state index < -0.39 is 30.0 Å². The summed E-state index contributed by atoms with van der Waals surface area (Å²) in [7, 11) is 0. The van der Waals surface area contributed by atoms with E-state index in [4.69, 9.17) is 4.74 Å². The minimum Gasteiger partial charge on any atom is -0.445 e. The summed E-state index contributed by atoms with van der Waals surface area (Å²) in [5.41, 5.74) is 4.92. The molecule has 9 heteroatoms. The van der Waals surface area contributed by atoms with E-state index in [9.17, 15) is 19.6 Å². The maximum Gasteiger partial charge on any atom is 0.408 e. The normalized spacial score (nSPS) is 12.4. The van der Waals surface area contributed by atoms with Crippen LogP contribution in [0.25, 0.3) is 10.9 Å². The molecule has 0 bridgehead atoms. The lowest BCUT2D eigenvalue weighted by Gasteiger charge is -2.22. The van der Waals surface area contributed by atoms with Gasteiger partial charge in [0.1, 0.15) is 18.7 Å². The number of aromatic amines is 1. The van der Waals surface area contributed by atoms with Gasteiger partial charge in [-0.15, -0.1) is 0 Å². The van der Waals surface area contributed by atoms with Crippen molar-refractivity contribution < 1.29 is 24.3 Å². The van der Waals surface area contributed by atoms with Gasteiger partial charge in [0.05, 0.1) is 0 Å². The van der Waals surface area contributed by atoms with Crippen molar-refractivity contribution in [1.82, 2.24) is 21.1 Å². The number of nitrogens with one attached hydrogen (secondary N) is 4. The summed E-state index contributed by atoms with van der Waals surface area (Å²) in [4.78, 5) is 41.5. The van der Waals surface area contributed by atoms with Crippen LogP contribution in [-0.2, 0) is 33.8 Å². The second-order valence-corrected chi connectivity index (χ2v) is 8.55. The number of hydroxylamine groups is 1. The number of aromatic nitrogens is 1. The first-order valence-electron chi connectivity index (χ1n) is 11.8. The average Bonchev–Trinajstić information content (AvgIpc) is 3.34. The minimum atomic E-state index is -1.09. The third kappa shape index (κ3) is 6.96. The number of hydrogen-bond donors (Lipinski definition) is 5. The van der Waals surface area contributed by atoms with Crippen LogP contribution in [0.4, 0.5) is 4.79 Å². The lowest BCUT2D eigenvalue weighted by Crippen LogP contribution is -2.54. The lowest BCUT2D eigenvalue weighted by molar-refractivity contribution is -0.135. The molecule has 190 valence electrons. The van der Waals surface area contributed by atoms with Gasteiger partial charge in [-0.25, -0.2) is 10.3 Å². The largest absolute Gasteiger partial charge is 0.445 e. The van der Waals surface area contributed by atoms with Crippen molar-refractivity contribution in [3.8, 4) is 0 Å². The summed E-state index contributed by atoms with van der Waals surface area (Å²) in [6.45, 7) is 0.0441. The fourth-order valence-corrected chi connectivity index (χ4v) is 4.05. The Morgan fingerprint density at radius 1 is 0.757 bits per heavy atom. The molecule has 0 aliphatic carbocycles. The molecule has 0 spiro atoms. The summed E-state index contributed by atoms with van der Waals surface area (Å²) < 4.78 is 5.30. The van der Waals surface area contributed by atoms with E-state index in [2.05, 4.69) is 15.6 Å². The van der Waals surface area contributed by atoms with Crippen molar-refractivity contribution in [1.29, 1.82) is 0 Å². The third-order valence-electron chi connectivity index (χ3n) is 5.95. The molecule has 0 saturated carbocycles. The van der Waals surface area contributed by atoms with Crippen LogP contribution < -0.4 is 16.1 Å². The highest BCUT2D eigenvalue weighted by atomic mass is 16.5. The van der Waals surface area contributed by atoms with E-state index in [0.29, 0.717) is 0 Å². The molecule has 5 N–H and O–H groups in total. The highest BCUT2D eigenvalue weighted by Crippen LogP contribution is 2.19. The van der Waals surface area contributed by atoms with Crippen LogP contribution >= 0.6 is 0 Å². The number of para-hydroxylation sites is 1. The van der Waals surface area contributed by atoms with E-state index in [1.165, 1.54) is 0 Å². The first-order valence-corrected chi connectivity index (χ1v) is 11.8. The zero-order chi connectivity index (χ0) is 26.0. The van der Waals surface area contributed by atoms with E-state index in [-0.39, 0.29) is 19.4 Å². The fourth-order valence-electron chi connectivity index (χ4n) is 4.05. The highest BCUT2D eigenvalue weighted by Gasteiger charge is 2.28. The van der Waals surface area contributed by atoms with Crippen molar-refractivity contribution in [2.75, 3.05) is 0 Å². The van der Waals surface area contributed by atoms with Gasteiger partial charge in [0.15, 0.2) is 0 Å². The summed E-state index contributed by atoms with van der Waals surface area (Å²) in [5, 5.41) is 15.5. The van der Waals surface area contributed by atoms with Crippen LogP contribution in [0.1, 0.15) is 16.7 Å². The van der Waals surface area contributed by atoms with Crippen molar-refractivity contribution in [3.05, 3.63) is 108 Å². The maximum absolute atomic E-state index is 13.3. The second kappa shape index (κ2) is 12.4. The van der Waals surface area contributed by atoms with Crippen molar-refractivity contribution in [3.63, 3.8) is 0 Å². The minimum absolute atomic E-state index is 0.0441. The number of carbonyl (C=O) groups excluding carboxylic acids is 3. The van der Waals surface area contributed by atoms with E-state index >= 15 is 0 Å². The Morgan fingerprint density at radius 3 is 2.08 bits per heavy atom. The molecular weight excluding hydrogens is 472 g/mol. The van der Waals surface area contributed by atoms with Crippen LogP contribution in [0.3, 0.4) is 0 Å². The van der Waals surface area contributed by atoms with Crippen molar-refractivity contribution in [2.45, 2.75) is 31.5 Å². The molecule has 2 atom stereocenters. The number of rotatable bonds is 10. The molecule has 1 aromatic heterocycles. The summed E-state index contributed by atoms with van der Waals surface area (Å²) in [6.07, 6.45) is 1.29. The monoisotopic (exact) mass is 500 g/mol. The predicted octanol–water partition coefficient (Wildman–Crippen LogP) is 3.24. The topological polar surface area (TPSA) is 133 Å². The van der Waals surface area contributed by atoms with Crippen LogP contribution in [0.2, 0.25) is 0 Å². The molecule has 0 saturated heterocycles. The first-order chi connectivity index (χ1) is 18.0. The first kappa shape index (κ1) is 25.5. The molecule has 3 aromatic carbocycles. The third-order valence-corrected chi connectivity index (χ3v) is 5.95. The molecule has 0 fully saturated rings. The SMILES string of the molecule is O=C(NC(Cc1ccccc1)C(=O)NC(Cc1c[nH]c2ccccc12)C(=O)NO)OCc1ccccc1. The molecule has 0 radical (unpaired) electrons. The van der Waals surface area contributed by atoms with Crippen molar-refractivity contribution >= 4 is 28.8 Å². The van der Waals surface area contributed by atoms with Gasteiger partial charge in [0, 0.05) is 29.9 Å². The van der Waals surface area contributed by atoms with Crippen molar-refractivity contribution in [2.24, 2.45) is 0 Å². The fraction of sp³-hybridized carbons (Fsp3) is 0.179. The number of ether oxygens (including phenoxy) is 1. The Bertz CT molecular complexity index is 1340. The average molecular weight is 501 g/mol. The summed E-state index contributed by atoms with van der Waals surface area (Å²) in [6, 6.07) is 23.8. The number of fused-ring (bicyclic) bond motifs is 1. The molecular formula is C28H28N4O5. The second-order valence-electron chi connectivity index (χ2n) is 8.55. The predicted molar refractivity (Wildman–Crippen MR) is 138 cm³/mol. The van der Waals surface area contributed by atoms with Crippen LogP contribution in [-0.4, -0.2) is 40.2 Å². The molecule has 37 heavy (non-hydrogen) atoms. The number of amides is 3. The van der Waals surface area contributed by atoms with Crippen LogP contribution in [0, 0.1) is 0 Å². The van der Waals surface area contributed by atoms with Gasteiger partial charge in [-0.1, -0.05) is 78.9 Å². The van der Waals surface area contributed by atoms with Gasteiger partial charge in [-0.3, -0.25) is 14.8 Å². The Kier molecular flexibility index (Phi) is 8.51. The number of alkyl carbamates (subject to hydrolysis) is 1. The standard InChI is InChI=1S/C28H28N4O5/c33-26(30-25(27(34)32-36)16-21-17-29-23-14-8-7-13-22(21)23)24(15-19-9-3-1-4-10-19)31-28(35)37-18-20-11-5-2-6-12-20/h1-14,17,24-25,29,36H,15-16,18H2,(H,30,33)(H,31,35)(H,32,34). The van der Waals surface area contributed by atoms with Gasteiger partial charge in [0.2, 0.25) is 5.91 Å². The lowest BCUT2D eigenvalue weighted by atomic mass is 10.0.